The summed E-state index contributed by atoms with van der Waals surface area (Å²) >= 11 is 0. The van der Waals surface area contributed by atoms with E-state index < -0.39 is 0 Å². The van der Waals surface area contributed by atoms with Crippen LogP contribution >= 0.6 is 0 Å². The molecule has 0 spiro atoms. The number of hydrogen-bond donors (Lipinski definition) is 1. The van der Waals surface area contributed by atoms with Crippen molar-refractivity contribution >= 4 is 11.6 Å². The van der Waals surface area contributed by atoms with Gasteiger partial charge in [-0.1, -0.05) is 36.4 Å². The quantitative estimate of drug-likeness (QED) is 0.887. The number of nitrogens with two attached hydrogens (primary N) is 1. The van der Waals surface area contributed by atoms with Gasteiger partial charge in [0.05, 0.1) is 13.0 Å². The molecule has 0 radical (unpaired) electrons. The third-order valence-electron chi connectivity index (χ3n) is 3.27. The van der Waals surface area contributed by atoms with Gasteiger partial charge in [0.2, 0.25) is 5.91 Å². The van der Waals surface area contributed by atoms with Crippen LogP contribution in [0.4, 0.5) is 5.69 Å². The van der Waals surface area contributed by atoms with Crippen LogP contribution in [-0.2, 0) is 11.3 Å². The lowest BCUT2D eigenvalue weighted by atomic mass is 10.1. The maximum absolute atomic E-state index is 12.2. The molecule has 0 aromatic heterocycles. The van der Waals surface area contributed by atoms with Gasteiger partial charge in [0.15, 0.2) is 0 Å². The molecule has 2 N–H and O–H groups in total. The number of amides is 1. The number of anilines is 1. The smallest absolute Gasteiger partial charge is 0.230 e. The molecule has 4 nitrogen and oxygen atoms in total. The minimum absolute atomic E-state index is 0.00633. The standard InChI is InChI=1S/C17H20N2O2/c1-19(16-10-6-5-7-14(16)13-18)17(20)11-12-21-15-8-3-2-4-9-15/h2-10H,11-13,18H2,1H3. The number of ether oxygens (including phenoxy) is 1. The third-order valence-corrected chi connectivity index (χ3v) is 3.27. The van der Waals surface area contributed by atoms with Gasteiger partial charge in [0.25, 0.3) is 0 Å². The Balaban J connectivity index is 1.91. The Morgan fingerprint density at radius 3 is 2.48 bits per heavy atom. The van der Waals surface area contributed by atoms with Gasteiger partial charge in [-0.25, -0.2) is 0 Å². The lowest BCUT2D eigenvalue weighted by Crippen LogP contribution is -2.28. The van der Waals surface area contributed by atoms with Crippen molar-refractivity contribution < 1.29 is 9.53 Å². The first kappa shape index (κ1) is 15.1. The molecule has 0 unspecified atom stereocenters. The first-order valence-electron chi connectivity index (χ1n) is 6.94. The molecule has 2 aromatic carbocycles. The van der Waals surface area contributed by atoms with Gasteiger partial charge in [-0.3, -0.25) is 4.79 Å². The number of nitrogens with zero attached hydrogens (tertiary/aromatic N) is 1. The van der Waals surface area contributed by atoms with Crippen molar-refractivity contribution in [3.8, 4) is 5.75 Å². The van der Waals surface area contributed by atoms with Crippen LogP contribution in [0.1, 0.15) is 12.0 Å². The molecule has 0 saturated carbocycles. The predicted molar refractivity (Wildman–Crippen MR) is 84.3 cm³/mol. The van der Waals surface area contributed by atoms with E-state index >= 15 is 0 Å². The first-order valence-corrected chi connectivity index (χ1v) is 6.94. The van der Waals surface area contributed by atoms with E-state index in [1.54, 1.807) is 11.9 Å². The fraction of sp³-hybridized carbons (Fsp3) is 0.235. The van der Waals surface area contributed by atoms with Crippen LogP contribution < -0.4 is 15.4 Å². The first-order chi connectivity index (χ1) is 10.2. The van der Waals surface area contributed by atoms with Crippen LogP contribution in [0.2, 0.25) is 0 Å². The van der Waals surface area contributed by atoms with Crippen LogP contribution in [0.3, 0.4) is 0 Å². The van der Waals surface area contributed by atoms with Crippen molar-refractivity contribution in [1.82, 2.24) is 0 Å². The summed E-state index contributed by atoms with van der Waals surface area (Å²) in [6.07, 6.45) is 0.324. The number of para-hydroxylation sites is 2. The summed E-state index contributed by atoms with van der Waals surface area (Å²) in [6, 6.07) is 17.1. The Labute approximate surface area is 125 Å². The minimum Gasteiger partial charge on any atom is -0.493 e. The predicted octanol–water partition coefficient (Wildman–Crippen LogP) is 2.58. The zero-order chi connectivity index (χ0) is 15.1. The van der Waals surface area contributed by atoms with Gasteiger partial charge in [-0.05, 0) is 23.8 Å². The molecule has 1 amide bonds. The molecule has 0 aliphatic heterocycles. The van der Waals surface area contributed by atoms with E-state index in [9.17, 15) is 4.79 Å². The molecule has 0 saturated heterocycles. The molecule has 110 valence electrons. The van der Waals surface area contributed by atoms with Gasteiger partial charge in [-0.15, -0.1) is 0 Å². The zero-order valence-electron chi connectivity index (χ0n) is 12.2. The average molecular weight is 284 g/mol. The highest BCUT2D eigenvalue weighted by molar-refractivity contribution is 5.93. The molecule has 4 heteroatoms. The van der Waals surface area contributed by atoms with E-state index in [1.165, 1.54) is 0 Å². The summed E-state index contributed by atoms with van der Waals surface area (Å²) in [5.41, 5.74) is 7.51. The van der Waals surface area contributed by atoms with E-state index in [2.05, 4.69) is 0 Å². The van der Waals surface area contributed by atoms with Crippen LogP contribution in [0, 0.1) is 0 Å². The average Bonchev–Trinajstić information content (AvgIpc) is 2.55. The second kappa shape index (κ2) is 7.45. The van der Waals surface area contributed by atoms with Crippen LogP contribution in [-0.4, -0.2) is 19.6 Å². The molecule has 0 bridgehead atoms. The SMILES string of the molecule is CN(C(=O)CCOc1ccccc1)c1ccccc1CN. The Morgan fingerprint density at radius 1 is 1.10 bits per heavy atom. The van der Waals surface area contributed by atoms with Crippen molar-refractivity contribution in [1.29, 1.82) is 0 Å². The molecule has 0 heterocycles. The molecule has 0 aliphatic carbocycles. The van der Waals surface area contributed by atoms with E-state index in [0.29, 0.717) is 19.6 Å². The summed E-state index contributed by atoms with van der Waals surface area (Å²) in [6.45, 7) is 0.770. The lowest BCUT2D eigenvalue weighted by molar-refractivity contribution is -0.118. The second-order valence-electron chi connectivity index (χ2n) is 4.70. The van der Waals surface area contributed by atoms with Crippen molar-refractivity contribution in [2.75, 3.05) is 18.6 Å². The fourth-order valence-electron chi connectivity index (χ4n) is 2.09. The Hall–Kier alpha value is -2.33. The lowest BCUT2D eigenvalue weighted by Gasteiger charge is -2.20. The number of carbonyl (C=O) groups excluding carboxylic acids is 1. The fourth-order valence-corrected chi connectivity index (χ4v) is 2.09. The molecular formula is C17H20N2O2. The van der Waals surface area contributed by atoms with E-state index in [4.69, 9.17) is 10.5 Å². The molecule has 21 heavy (non-hydrogen) atoms. The number of rotatable bonds is 6. The Bertz CT molecular complexity index is 584. The van der Waals surface area contributed by atoms with Gasteiger partial charge in [0, 0.05) is 19.3 Å². The van der Waals surface area contributed by atoms with Crippen LogP contribution in [0.25, 0.3) is 0 Å². The van der Waals surface area contributed by atoms with Crippen molar-refractivity contribution in [2.24, 2.45) is 5.73 Å². The van der Waals surface area contributed by atoms with Crippen molar-refractivity contribution in [2.45, 2.75) is 13.0 Å². The zero-order valence-corrected chi connectivity index (χ0v) is 12.2. The number of benzene rings is 2. The van der Waals surface area contributed by atoms with Gasteiger partial charge >= 0.3 is 0 Å². The van der Waals surface area contributed by atoms with Crippen LogP contribution in [0.5, 0.6) is 5.75 Å². The Kier molecular flexibility index (Phi) is 5.35. The largest absolute Gasteiger partial charge is 0.493 e. The highest BCUT2D eigenvalue weighted by Crippen LogP contribution is 2.19. The summed E-state index contributed by atoms with van der Waals surface area (Å²) in [7, 11) is 1.76. The molecule has 2 aromatic rings. The monoisotopic (exact) mass is 284 g/mol. The van der Waals surface area contributed by atoms with Gasteiger partial charge in [-0.2, -0.15) is 0 Å². The highest BCUT2D eigenvalue weighted by atomic mass is 16.5. The normalized spacial score (nSPS) is 10.2. The van der Waals surface area contributed by atoms with E-state index in [-0.39, 0.29) is 5.91 Å². The molecule has 0 atom stereocenters. The summed E-state index contributed by atoms with van der Waals surface area (Å²) < 4.78 is 5.55. The maximum atomic E-state index is 12.2. The number of hydrogen-bond acceptors (Lipinski definition) is 3. The highest BCUT2D eigenvalue weighted by Gasteiger charge is 2.13. The van der Waals surface area contributed by atoms with Gasteiger partial charge < -0.3 is 15.4 Å². The Morgan fingerprint density at radius 2 is 1.76 bits per heavy atom. The minimum atomic E-state index is 0.00633. The second-order valence-corrected chi connectivity index (χ2v) is 4.70. The third kappa shape index (κ3) is 4.07. The van der Waals surface area contributed by atoms with Crippen molar-refractivity contribution in [3.05, 3.63) is 60.2 Å². The van der Waals surface area contributed by atoms with Crippen LogP contribution in [0.15, 0.2) is 54.6 Å². The topological polar surface area (TPSA) is 55.6 Å². The molecular weight excluding hydrogens is 264 g/mol. The van der Waals surface area contributed by atoms with Crippen molar-refractivity contribution in [3.63, 3.8) is 0 Å². The summed E-state index contributed by atoms with van der Waals surface area (Å²) in [4.78, 5) is 13.8. The van der Waals surface area contributed by atoms with E-state index in [1.807, 2.05) is 54.6 Å². The molecule has 2 rings (SSSR count). The number of carbonyl (C=O) groups is 1. The van der Waals surface area contributed by atoms with E-state index in [0.717, 1.165) is 17.0 Å². The molecule has 0 fully saturated rings. The van der Waals surface area contributed by atoms with Gasteiger partial charge in [0.1, 0.15) is 5.75 Å². The molecule has 0 aliphatic rings. The summed E-state index contributed by atoms with van der Waals surface area (Å²) in [5.74, 6) is 0.780. The summed E-state index contributed by atoms with van der Waals surface area (Å²) in [5, 5.41) is 0. The maximum Gasteiger partial charge on any atom is 0.230 e.